The van der Waals surface area contributed by atoms with Crippen molar-refractivity contribution in [3.63, 3.8) is 0 Å². The van der Waals surface area contributed by atoms with Crippen LogP contribution in [0.15, 0.2) is 12.1 Å². The van der Waals surface area contributed by atoms with Crippen LogP contribution in [-0.2, 0) is 4.79 Å². The summed E-state index contributed by atoms with van der Waals surface area (Å²) in [4.78, 5) is 14.2. The zero-order valence-corrected chi connectivity index (χ0v) is 14.0. The van der Waals surface area contributed by atoms with Gasteiger partial charge in [-0.05, 0) is 31.0 Å². The van der Waals surface area contributed by atoms with Crippen molar-refractivity contribution in [1.29, 1.82) is 0 Å². The summed E-state index contributed by atoms with van der Waals surface area (Å²) in [6, 6.07) is 3.20. The summed E-state index contributed by atoms with van der Waals surface area (Å²) in [5.41, 5.74) is 6.42. The fourth-order valence-electron chi connectivity index (χ4n) is 2.36. The third-order valence-electron chi connectivity index (χ3n) is 3.74. The van der Waals surface area contributed by atoms with E-state index in [0.717, 1.165) is 19.5 Å². The number of nitrogens with two attached hydrogens (primary N) is 1. The molecule has 2 unspecified atom stereocenters. The van der Waals surface area contributed by atoms with Crippen molar-refractivity contribution >= 4 is 46.4 Å². The highest BCUT2D eigenvalue weighted by Gasteiger charge is 2.24. The molecule has 2 atom stereocenters. The van der Waals surface area contributed by atoms with Crippen LogP contribution in [-0.4, -0.2) is 36.5 Å². The summed E-state index contributed by atoms with van der Waals surface area (Å²) in [5.74, 6) is 0.326. The van der Waals surface area contributed by atoms with Gasteiger partial charge in [0.25, 0.3) is 0 Å². The largest absolute Gasteiger partial charge is 0.326 e. The number of carbonyl (C=O) groups is 1. The highest BCUT2D eigenvalue weighted by atomic mass is 35.5. The topological polar surface area (TPSA) is 58.4 Å². The van der Waals surface area contributed by atoms with Gasteiger partial charge in [-0.15, -0.1) is 0 Å². The lowest BCUT2D eigenvalue weighted by atomic mass is 9.94. The molecule has 0 aromatic heterocycles. The fraction of sp³-hybridized carbons (Fsp3) is 0.500. The van der Waals surface area contributed by atoms with Crippen LogP contribution < -0.4 is 11.1 Å². The SMILES string of the molecule is CC1CCN(CC(=O)Nc2c(Cl)cc(Cl)cc2Cl)CC1N. The van der Waals surface area contributed by atoms with Gasteiger partial charge in [0.05, 0.1) is 22.3 Å². The zero-order valence-electron chi connectivity index (χ0n) is 11.7. The Morgan fingerprint density at radius 3 is 2.57 bits per heavy atom. The van der Waals surface area contributed by atoms with Crippen molar-refractivity contribution in [2.45, 2.75) is 19.4 Å². The molecule has 0 bridgehead atoms. The highest BCUT2D eigenvalue weighted by Crippen LogP contribution is 2.33. The number of piperidine rings is 1. The molecule has 2 rings (SSSR count). The Morgan fingerprint density at radius 2 is 2.00 bits per heavy atom. The van der Waals surface area contributed by atoms with E-state index in [1.807, 2.05) is 4.90 Å². The van der Waals surface area contributed by atoms with Crippen molar-refractivity contribution in [2.24, 2.45) is 11.7 Å². The van der Waals surface area contributed by atoms with Crippen molar-refractivity contribution < 1.29 is 4.79 Å². The van der Waals surface area contributed by atoms with Gasteiger partial charge >= 0.3 is 0 Å². The van der Waals surface area contributed by atoms with Crippen LogP contribution in [0.3, 0.4) is 0 Å². The molecule has 1 fully saturated rings. The second kappa shape index (κ2) is 7.16. The number of anilines is 1. The lowest BCUT2D eigenvalue weighted by Gasteiger charge is -2.34. The minimum Gasteiger partial charge on any atom is -0.326 e. The summed E-state index contributed by atoms with van der Waals surface area (Å²) in [5, 5.41) is 3.81. The van der Waals surface area contributed by atoms with Crippen LogP contribution >= 0.6 is 34.8 Å². The van der Waals surface area contributed by atoms with Gasteiger partial charge in [0.2, 0.25) is 5.91 Å². The third kappa shape index (κ3) is 4.47. The molecule has 1 aliphatic rings. The highest BCUT2D eigenvalue weighted by molar-refractivity contribution is 6.42. The number of rotatable bonds is 3. The molecule has 1 amide bonds. The van der Waals surface area contributed by atoms with E-state index < -0.39 is 0 Å². The number of halogens is 3. The molecule has 4 nitrogen and oxygen atoms in total. The van der Waals surface area contributed by atoms with E-state index in [1.54, 1.807) is 12.1 Å². The van der Waals surface area contributed by atoms with Crippen molar-refractivity contribution in [3.8, 4) is 0 Å². The third-order valence-corrected chi connectivity index (χ3v) is 4.55. The van der Waals surface area contributed by atoms with E-state index in [9.17, 15) is 4.79 Å². The number of amides is 1. The summed E-state index contributed by atoms with van der Waals surface area (Å²) < 4.78 is 0. The number of benzene rings is 1. The Morgan fingerprint density at radius 1 is 1.38 bits per heavy atom. The Balaban J connectivity index is 1.96. The lowest BCUT2D eigenvalue weighted by molar-refractivity contribution is -0.117. The Bertz CT molecular complexity index is 515. The lowest BCUT2D eigenvalue weighted by Crippen LogP contribution is -2.49. The first-order valence-electron chi connectivity index (χ1n) is 6.79. The molecule has 0 spiro atoms. The predicted molar refractivity (Wildman–Crippen MR) is 88.3 cm³/mol. The minimum atomic E-state index is -0.164. The standard InChI is InChI=1S/C14H18Cl3N3O/c1-8-2-3-20(6-12(8)18)7-13(21)19-14-10(16)4-9(15)5-11(14)17/h4-5,8,12H,2-3,6-7,18H2,1H3,(H,19,21). The Hall–Kier alpha value is -0.520. The molecule has 21 heavy (non-hydrogen) atoms. The molecular weight excluding hydrogens is 333 g/mol. The number of likely N-dealkylation sites (tertiary alicyclic amines) is 1. The smallest absolute Gasteiger partial charge is 0.238 e. The van der Waals surface area contributed by atoms with Crippen molar-refractivity contribution in [2.75, 3.05) is 25.0 Å². The van der Waals surface area contributed by atoms with Gasteiger partial charge < -0.3 is 11.1 Å². The molecule has 0 aliphatic carbocycles. The first-order valence-corrected chi connectivity index (χ1v) is 7.92. The van der Waals surface area contributed by atoms with Gasteiger partial charge in [0.15, 0.2) is 0 Å². The Labute approximate surface area is 139 Å². The van der Waals surface area contributed by atoms with Gasteiger partial charge in [-0.3, -0.25) is 9.69 Å². The number of hydrogen-bond donors (Lipinski definition) is 2. The number of carbonyl (C=O) groups excluding carboxylic acids is 1. The quantitative estimate of drug-likeness (QED) is 0.879. The molecule has 7 heteroatoms. The molecule has 1 aromatic rings. The molecule has 1 aromatic carbocycles. The molecule has 0 saturated carbocycles. The molecule has 0 radical (unpaired) electrons. The van der Waals surface area contributed by atoms with E-state index >= 15 is 0 Å². The van der Waals surface area contributed by atoms with Crippen LogP contribution in [0, 0.1) is 5.92 Å². The summed E-state index contributed by atoms with van der Waals surface area (Å²) >= 11 is 17.9. The van der Waals surface area contributed by atoms with Crippen LogP contribution in [0.4, 0.5) is 5.69 Å². The molecule has 1 heterocycles. The van der Waals surface area contributed by atoms with Crippen LogP contribution in [0.25, 0.3) is 0 Å². The van der Waals surface area contributed by atoms with Crippen molar-refractivity contribution in [1.82, 2.24) is 4.90 Å². The molecule has 3 N–H and O–H groups in total. The summed E-state index contributed by atoms with van der Waals surface area (Å²) in [7, 11) is 0. The molecule has 116 valence electrons. The first kappa shape index (κ1) is 16.8. The normalized spacial score (nSPS) is 23.1. The zero-order chi connectivity index (χ0) is 15.6. The minimum absolute atomic E-state index is 0.106. The van der Waals surface area contributed by atoms with E-state index in [-0.39, 0.29) is 18.5 Å². The number of hydrogen-bond acceptors (Lipinski definition) is 3. The molecule has 1 saturated heterocycles. The second-order valence-corrected chi connectivity index (χ2v) is 6.71. The maximum absolute atomic E-state index is 12.1. The van der Waals surface area contributed by atoms with Crippen LogP contribution in [0.1, 0.15) is 13.3 Å². The van der Waals surface area contributed by atoms with Gasteiger partial charge in [-0.2, -0.15) is 0 Å². The number of nitrogens with one attached hydrogen (secondary N) is 1. The van der Waals surface area contributed by atoms with Crippen LogP contribution in [0.5, 0.6) is 0 Å². The van der Waals surface area contributed by atoms with Gasteiger partial charge in [-0.1, -0.05) is 41.7 Å². The molecule has 1 aliphatic heterocycles. The van der Waals surface area contributed by atoms with E-state index in [4.69, 9.17) is 40.5 Å². The van der Waals surface area contributed by atoms with E-state index in [2.05, 4.69) is 12.2 Å². The van der Waals surface area contributed by atoms with Gasteiger partial charge in [0.1, 0.15) is 0 Å². The summed E-state index contributed by atoms with van der Waals surface area (Å²) in [6.07, 6.45) is 0.997. The van der Waals surface area contributed by atoms with E-state index in [0.29, 0.717) is 26.7 Å². The van der Waals surface area contributed by atoms with Gasteiger partial charge in [-0.25, -0.2) is 0 Å². The van der Waals surface area contributed by atoms with Gasteiger partial charge in [0, 0.05) is 17.6 Å². The predicted octanol–water partition coefficient (Wildman–Crippen LogP) is 3.25. The van der Waals surface area contributed by atoms with Crippen molar-refractivity contribution in [3.05, 3.63) is 27.2 Å². The summed E-state index contributed by atoms with van der Waals surface area (Å²) in [6.45, 7) is 3.99. The van der Waals surface area contributed by atoms with E-state index in [1.165, 1.54) is 0 Å². The average molecular weight is 351 g/mol. The first-order chi connectivity index (χ1) is 9.86. The average Bonchev–Trinajstić information content (AvgIpc) is 2.38. The maximum atomic E-state index is 12.1. The molecular formula is C14H18Cl3N3O. The fourth-order valence-corrected chi connectivity index (χ4v) is 3.27. The number of nitrogens with zero attached hydrogens (tertiary/aromatic N) is 1. The maximum Gasteiger partial charge on any atom is 0.238 e. The Kier molecular flexibility index (Phi) is 5.74. The second-order valence-electron chi connectivity index (χ2n) is 5.46. The van der Waals surface area contributed by atoms with Crippen LogP contribution in [0.2, 0.25) is 15.1 Å². The monoisotopic (exact) mass is 349 g/mol.